The van der Waals surface area contributed by atoms with E-state index in [9.17, 15) is 10.2 Å². The van der Waals surface area contributed by atoms with Crippen LogP contribution in [0.25, 0.3) is 0 Å². The molecule has 0 bridgehead atoms. The topological polar surface area (TPSA) is 90.3 Å². The number of phenolic OH excluding ortho intramolecular Hbond substituents is 2. The van der Waals surface area contributed by atoms with Crippen LogP contribution >= 0.6 is 11.8 Å². The molecule has 1 rings (SSSR count). The SMILES string of the molecule is Cc1cc(O)cc(SC(=N)N)c1O. The Morgan fingerprint density at radius 1 is 1.46 bits per heavy atom. The van der Waals surface area contributed by atoms with Crippen LogP contribution in [-0.4, -0.2) is 15.4 Å². The quantitative estimate of drug-likeness (QED) is 0.237. The summed E-state index contributed by atoms with van der Waals surface area (Å²) in [7, 11) is 0. The maximum atomic E-state index is 9.49. The van der Waals surface area contributed by atoms with Crippen molar-refractivity contribution < 1.29 is 10.2 Å². The van der Waals surface area contributed by atoms with E-state index in [1.54, 1.807) is 6.92 Å². The summed E-state index contributed by atoms with van der Waals surface area (Å²) >= 11 is 0.904. The molecule has 1 aromatic carbocycles. The first-order valence-electron chi connectivity index (χ1n) is 3.55. The number of phenols is 2. The first-order valence-corrected chi connectivity index (χ1v) is 4.37. The summed E-state index contributed by atoms with van der Waals surface area (Å²) in [6.45, 7) is 1.67. The molecule has 0 amide bonds. The van der Waals surface area contributed by atoms with Gasteiger partial charge in [0, 0.05) is 0 Å². The Bertz CT molecular complexity index is 352. The number of aryl methyl sites for hydroxylation is 1. The first kappa shape index (κ1) is 9.73. The van der Waals surface area contributed by atoms with Gasteiger partial charge in [0.25, 0.3) is 0 Å². The van der Waals surface area contributed by atoms with E-state index >= 15 is 0 Å². The zero-order valence-electron chi connectivity index (χ0n) is 7.03. The van der Waals surface area contributed by atoms with Crippen molar-refractivity contribution >= 4 is 16.9 Å². The summed E-state index contributed by atoms with van der Waals surface area (Å²) in [6, 6.07) is 2.81. The molecule has 0 aliphatic heterocycles. The predicted molar refractivity (Wildman–Crippen MR) is 52.3 cm³/mol. The van der Waals surface area contributed by atoms with E-state index < -0.39 is 0 Å². The van der Waals surface area contributed by atoms with Gasteiger partial charge in [-0.25, -0.2) is 0 Å². The van der Waals surface area contributed by atoms with Gasteiger partial charge in [0.2, 0.25) is 0 Å². The number of nitrogens with one attached hydrogen (secondary N) is 1. The largest absolute Gasteiger partial charge is 0.508 e. The minimum atomic E-state index is -0.125. The molecular weight excluding hydrogens is 188 g/mol. The standard InChI is InChI=1S/C8H10N2O2S/c1-4-2-5(11)3-6(7(4)12)13-8(9)10/h2-3,11-12H,1H3,(H3,9,10). The van der Waals surface area contributed by atoms with Crippen molar-refractivity contribution in [2.45, 2.75) is 11.8 Å². The predicted octanol–water partition coefficient (Wildman–Crippen LogP) is 1.39. The van der Waals surface area contributed by atoms with Crippen LogP contribution in [0.1, 0.15) is 5.56 Å². The number of amidine groups is 1. The second-order valence-electron chi connectivity index (χ2n) is 2.58. The fraction of sp³-hybridized carbons (Fsp3) is 0.125. The van der Waals surface area contributed by atoms with Gasteiger partial charge < -0.3 is 15.9 Å². The summed E-state index contributed by atoms with van der Waals surface area (Å²) in [5.41, 5.74) is 5.71. The molecule has 0 aliphatic rings. The number of nitrogens with two attached hydrogens (primary N) is 1. The lowest BCUT2D eigenvalue weighted by Crippen LogP contribution is -2.03. The molecule has 0 atom stereocenters. The van der Waals surface area contributed by atoms with Crippen molar-refractivity contribution in [1.82, 2.24) is 0 Å². The summed E-state index contributed by atoms with van der Waals surface area (Å²) in [5, 5.41) is 25.6. The molecule has 0 saturated carbocycles. The Balaban J connectivity index is 3.12. The van der Waals surface area contributed by atoms with E-state index in [2.05, 4.69) is 0 Å². The zero-order chi connectivity index (χ0) is 10.0. The van der Waals surface area contributed by atoms with Crippen LogP contribution in [0.5, 0.6) is 11.5 Å². The van der Waals surface area contributed by atoms with Gasteiger partial charge >= 0.3 is 0 Å². The first-order chi connectivity index (χ1) is 6.00. The Morgan fingerprint density at radius 3 is 2.62 bits per heavy atom. The van der Waals surface area contributed by atoms with Crippen LogP contribution in [0.4, 0.5) is 0 Å². The number of hydrogen-bond acceptors (Lipinski definition) is 4. The number of rotatable bonds is 1. The molecule has 1 aromatic rings. The lowest BCUT2D eigenvalue weighted by molar-refractivity contribution is 0.445. The second kappa shape index (κ2) is 3.57. The average molecular weight is 198 g/mol. The number of benzene rings is 1. The lowest BCUT2D eigenvalue weighted by atomic mass is 10.2. The summed E-state index contributed by atoms with van der Waals surface area (Å²) < 4.78 is 0. The second-order valence-corrected chi connectivity index (χ2v) is 3.66. The van der Waals surface area contributed by atoms with Crippen molar-refractivity contribution in [2.24, 2.45) is 5.73 Å². The smallest absolute Gasteiger partial charge is 0.156 e. The van der Waals surface area contributed by atoms with Crippen LogP contribution in [0.15, 0.2) is 17.0 Å². The minimum Gasteiger partial charge on any atom is -0.508 e. The van der Waals surface area contributed by atoms with Crippen molar-refractivity contribution in [3.63, 3.8) is 0 Å². The number of thioether (sulfide) groups is 1. The number of aromatic hydroxyl groups is 2. The molecule has 0 fully saturated rings. The normalized spacial score (nSPS) is 9.92. The third kappa shape index (κ3) is 2.29. The van der Waals surface area contributed by atoms with Gasteiger partial charge in [-0.3, -0.25) is 5.41 Å². The Hall–Kier alpha value is -1.36. The van der Waals surface area contributed by atoms with E-state index in [1.807, 2.05) is 0 Å². The van der Waals surface area contributed by atoms with Crippen LogP contribution in [0.2, 0.25) is 0 Å². The third-order valence-electron chi connectivity index (χ3n) is 1.47. The van der Waals surface area contributed by atoms with Gasteiger partial charge in [-0.2, -0.15) is 0 Å². The fourth-order valence-corrected chi connectivity index (χ4v) is 1.60. The van der Waals surface area contributed by atoms with Crippen molar-refractivity contribution in [3.8, 4) is 11.5 Å². The van der Waals surface area contributed by atoms with E-state index in [-0.39, 0.29) is 16.7 Å². The molecule has 4 nitrogen and oxygen atoms in total. The zero-order valence-corrected chi connectivity index (χ0v) is 7.85. The maximum absolute atomic E-state index is 9.49. The Morgan fingerprint density at radius 2 is 2.08 bits per heavy atom. The molecule has 0 unspecified atom stereocenters. The van der Waals surface area contributed by atoms with Crippen LogP contribution in [0, 0.1) is 12.3 Å². The molecule has 0 spiro atoms. The van der Waals surface area contributed by atoms with Crippen LogP contribution in [-0.2, 0) is 0 Å². The van der Waals surface area contributed by atoms with Crippen molar-refractivity contribution in [2.75, 3.05) is 0 Å². The lowest BCUT2D eigenvalue weighted by Gasteiger charge is -2.06. The van der Waals surface area contributed by atoms with Crippen LogP contribution in [0.3, 0.4) is 0 Å². The highest BCUT2D eigenvalue weighted by Crippen LogP contribution is 2.34. The molecule has 13 heavy (non-hydrogen) atoms. The fourth-order valence-electron chi connectivity index (χ4n) is 0.925. The molecule has 0 heterocycles. The summed E-state index contributed by atoms with van der Waals surface area (Å²) in [5.74, 6) is 0.108. The Labute approximate surface area is 79.9 Å². The molecule has 0 saturated heterocycles. The van der Waals surface area contributed by atoms with Crippen molar-refractivity contribution in [3.05, 3.63) is 17.7 Å². The summed E-state index contributed by atoms with van der Waals surface area (Å²) in [6.07, 6.45) is 0. The molecule has 70 valence electrons. The van der Waals surface area contributed by atoms with Crippen molar-refractivity contribution in [1.29, 1.82) is 5.41 Å². The van der Waals surface area contributed by atoms with Crippen LogP contribution < -0.4 is 5.73 Å². The van der Waals surface area contributed by atoms with E-state index in [4.69, 9.17) is 11.1 Å². The van der Waals surface area contributed by atoms with E-state index in [0.29, 0.717) is 10.5 Å². The summed E-state index contributed by atoms with van der Waals surface area (Å²) in [4.78, 5) is 0.394. The van der Waals surface area contributed by atoms with Gasteiger partial charge in [0.15, 0.2) is 5.17 Å². The maximum Gasteiger partial charge on any atom is 0.156 e. The van der Waals surface area contributed by atoms with E-state index in [0.717, 1.165) is 11.8 Å². The van der Waals surface area contributed by atoms with Gasteiger partial charge in [-0.15, -0.1) is 0 Å². The molecule has 0 aliphatic carbocycles. The molecule has 5 N–H and O–H groups in total. The minimum absolute atomic E-state index is 0.0537. The third-order valence-corrected chi connectivity index (χ3v) is 2.22. The van der Waals surface area contributed by atoms with Gasteiger partial charge in [-0.1, -0.05) is 0 Å². The highest BCUT2D eigenvalue weighted by molar-refractivity contribution is 8.13. The van der Waals surface area contributed by atoms with E-state index in [1.165, 1.54) is 12.1 Å². The Kier molecular flexibility index (Phi) is 2.67. The molecule has 5 heteroatoms. The average Bonchev–Trinajstić information content (AvgIpc) is 1.98. The van der Waals surface area contributed by atoms with Gasteiger partial charge in [0.05, 0.1) is 4.90 Å². The highest BCUT2D eigenvalue weighted by Gasteiger charge is 2.08. The molecule has 0 radical (unpaired) electrons. The number of hydrogen-bond donors (Lipinski definition) is 4. The molecular formula is C8H10N2O2S. The van der Waals surface area contributed by atoms with Gasteiger partial charge in [-0.05, 0) is 36.4 Å². The van der Waals surface area contributed by atoms with Gasteiger partial charge in [0.1, 0.15) is 11.5 Å². The monoisotopic (exact) mass is 198 g/mol. The highest BCUT2D eigenvalue weighted by atomic mass is 32.2. The molecule has 0 aromatic heterocycles.